The van der Waals surface area contributed by atoms with E-state index >= 15 is 0 Å². The fourth-order valence-electron chi connectivity index (χ4n) is 4.33. The molecule has 1 atom stereocenters. The molecule has 4 rings (SSSR count). The van der Waals surface area contributed by atoms with E-state index in [1.807, 2.05) is 6.21 Å². The monoisotopic (exact) mass is 314 g/mol. The minimum atomic E-state index is 0.198. The van der Waals surface area contributed by atoms with Gasteiger partial charge in [0.1, 0.15) is 12.1 Å². The smallest absolute Gasteiger partial charge is 0.135 e. The van der Waals surface area contributed by atoms with Gasteiger partial charge < -0.3 is 10.6 Å². The van der Waals surface area contributed by atoms with Crippen molar-refractivity contribution < 1.29 is 0 Å². The minimum absolute atomic E-state index is 0.198. The Morgan fingerprint density at radius 1 is 1.04 bits per heavy atom. The Hall–Kier alpha value is -1.53. The molecule has 1 unspecified atom stereocenters. The third-order valence-corrected chi connectivity index (χ3v) is 5.83. The van der Waals surface area contributed by atoms with Gasteiger partial charge in [0.05, 0.1) is 17.3 Å². The van der Waals surface area contributed by atoms with Crippen molar-refractivity contribution in [1.29, 1.82) is 0 Å². The summed E-state index contributed by atoms with van der Waals surface area (Å²) in [6, 6.07) is 0.962. The number of piperazine rings is 1. The number of hydrogen-bond donors (Lipinski definition) is 1. The van der Waals surface area contributed by atoms with Crippen LogP contribution in [0.1, 0.15) is 43.0 Å². The van der Waals surface area contributed by atoms with Crippen LogP contribution in [-0.2, 0) is 0 Å². The summed E-state index contributed by atoms with van der Waals surface area (Å²) in [7, 11) is 2.22. The molecule has 6 heteroatoms. The van der Waals surface area contributed by atoms with E-state index < -0.39 is 0 Å². The van der Waals surface area contributed by atoms with E-state index in [0.29, 0.717) is 11.7 Å². The molecule has 2 aliphatic heterocycles. The molecular formula is C17H26N6. The summed E-state index contributed by atoms with van der Waals surface area (Å²) in [6.07, 6.45) is 8.50. The van der Waals surface area contributed by atoms with E-state index in [1.165, 1.54) is 51.9 Å². The lowest BCUT2D eigenvalue weighted by Gasteiger charge is -2.41. The first-order chi connectivity index (χ1) is 11.2. The normalized spacial score (nSPS) is 32.1. The molecule has 1 aliphatic carbocycles. The largest absolute Gasteiger partial charge is 0.383 e. The molecule has 1 aromatic rings. The van der Waals surface area contributed by atoms with Crippen molar-refractivity contribution in [3.8, 4) is 0 Å². The standard InChI is InChI=1S/C17H26N6/c1-22-6-8-23(9-7-22)13-4-2-12(3-5-13)15-16-14(10-19-15)17(18)21-11-20-16/h10-13,15H,2-9H2,1H3,(H2,18,20,21). The third-order valence-electron chi connectivity index (χ3n) is 5.83. The first kappa shape index (κ1) is 15.0. The predicted octanol–water partition coefficient (Wildman–Crippen LogP) is 1.34. The average molecular weight is 314 g/mol. The molecule has 0 amide bonds. The zero-order valence-corrected chi connectivity index (χ0v) is 13.9. The maximum atomic E-state index is 5.94. The summed E-state index contributed by atoms with van der Waals surface area (Å²) >= 11 is 0. The molecule has 3 heterocycles. The molecular weight excluding hydrogens is 288 g/mol. The molecule has 0 bridgehead atoms. The number of aliphatic imine (C=N–C) groups is 1. The molecule has 3 aliphatic rings. The van der Waals surface area contributed by atoms with Crippen molar-refractivity contribution in [2.24, 2.45) is 10.9 Å². The number of fused-ring (bicyclic) bond motifs is 1. The number of anilines is 1. The molecule has 2 N–H and O–H groups in total. The van der Waals surface area contributed by atoms with Crippen molar-refractivity contribution in [2.75, 3.05) is 39.0 Å². The van der Waals surface area contributed by atoms with Crippen LogP contribution in [0.25, 0.3) is 0 Å². The summed E-state index contributed by atoms with van der Waals surface area (Å²) in [4.78, 5) is 18.4. The van der Waals surface area contributed by atoms with Gasteiger partial charge in [0, 0.05) is 38.4 Å². The van der Waals surface area contributed by atoms with Crippen LogP contribution < -0.4 is 5.73 Å². The Morgan fingerprint density at radius 2 is 1.78 bits per heavy atom. The van der Waals surface area contributed by atoms with Gasteiger partial charge in [-0.15, -0.1) is 0 Å². The SMILES string of the molecule is CN1CCN(C2CCC(C3N=Cc4c(N)ncnc43)CC2)CC1. The molecule has 2 fully saturated rings. The highest BCUT2D eigenvalue weighted by Crippen LogP contribution is 2.41. The third kappa shape index (κ3) is 2.85. The summed E-state index contributed by atoms with van der Waals surface area (Å²) in [5.74, 6) is 1.16. The highest BCUT2D eigenvalue weighted by molar-refractivity contribution is 5.89. The molecule has 0 radical (unpaired) electrons. The Balaban J connectivity index is 1.38. The van der Waals surface area contributed by atoms with Gasteiger partial charge >= 0.3 is 0 Å². The summed E-state index contributed by atoms with van der Waals surface area (Å²) in [6.45, 7) is 4.85. The van der Waals surface area contributed by atoms with Crippen LogP contribution in [0.4, 0.5) is 5.82 Å². The van der Waals surface area contributed by atoms with Gasteiger partial charge in [-0.2, -0.15) is 0 Å². The second kappa shape index (κ2) is 6.17. The number of hydrogen-bond acceptors (Lipinski definition) is 6. The second-order valence-electron chi connectivity index (χ2n) is 7.19. The first-order valence-corrected chi connectivity index (χ1v) is 8.78. The number of nitrogens with two attached hydrogens (primary N) is 1. The van der Waals surface area contributed by atoms with Crippen LogP contribution in [-0.4, -0.2) is 65.3 Å². The van der Waals surface area contributed by atoms with Crippen molar-refractivity contribution in [2.45, 2.75) is 37.8 Å². The van der Waals surface area contributed by atoms with Gasteiger partial charge in [-0.3, -0.25) is 9.89 Å². The number of likely N-dealkylation sites (N-methyl/N-ethyl adjacent to an activating group) is 1. The zero-order valence-electron chi connectivity index (χ0n) is 13.9. The molecule has 1 saturated carbocycles. The van der Waals surface area contributed by atoms with Crippen molar-refractivity contribution >= 4 is 12.0 Å². The van der Waals surface area contributed by atoms with Gasteiger partial charge in [-0.25, -0.2) is 9.97 Å². The van der Waals surface area contributed by atoms with E-state index in [1.54, 1.807) is 6.33 Å². The van der Waals surface area contributed by atoms with Crippen LogP contribution in [0.2, 0.25) is 0 Å². The highest BCUT2D eigenvalue weighted by atomic mass is 15.3. The van der Waals surface area contributed by atoms with Crippen molar-refractivity contribution in [3.63, 3.8) is 0 Å². The topological polar surface area (TPSA) is 70.6 Å². The fraction of sp³-hybridized carbons (Fsp3) is 0.706. The second-order valence-corrected chi connectivity index (χ2v) is 7.19. The van der Waals surface area contributed by atoms with Gasteiger partial charge in [-0.1, -0.05) is 0 Å². The molecule has 124 valence electrons. The van der Waals surface area contributed by atoms with Crippen LogP contribution in [0, 0.1) is 5.92 Å². The maximum absolute atomic E-state index is 5.94. The molecule has 23 heavy (non-hydrogen) atoms. The summed E-state index contributed by atoms with van der Waals surface area (Å²) in [5, 5.41) is 0. The van der Waals surface area contributed by atoms with E-state index in [2.05, 4.69) is 26.8 Å². The van der Waals surface area contributed by atoms with Crippen LogP contribution in [0.3, 0.4) is 0 Å². The molecule has 1 aromatic heterocycles. The lowest BCUT2D eigenvalue weighted by Crippen LogP contribution is -2.50. The van der Waals surface area contributed by atoms with Gasteiger partial charge in [-0.05, 0) is 38.6 Å². The van der Waals surface area contributed by atoms with Crippen molar-refractivity contribution in [1.82, 2.24) is 19.8 Å². The van der Waals surface area contributed by atoms with Crippen LogP contribution in [0.5, 0.6) is 0 Å². The van der Waals surface area contributed by atoms with E-state index in [9.17, 15) is 0 Å². The lowest BCUT2D eigenvalue weighted by molar-refractivity contribution is 0.0780. The number of nitrogen functional groups attached to an aromatic ring is 1. The number of aromatic nitrogens is 2. The van der Waals surface area contributed by atoms with Crippen LogP contribution >= 0.6 is 0 Å². The summed E-state index contributed by atoms with van der Waals surface area (Å²) < 4.78 is 0. The molecule has 6 nitrogen and oxygen atoms in total. The number of nitrogens with zero attached hydrogens (tertiary/aromatic N) is 5. The Labute approximate surface area is 137 Å². The van der Waals surface area contributed by atoms with E-state index in [0.717, 1.165) is 17.3 Å². The quantitative estimate of drug-likeness (QED) is 0.892. The molecule has 1 saturated heterocycles. The summed E-state index contributed by atoms with van der Waals surface area (Å²) in [5.41, 5.74) is 7.93. The van der Waals surface area contributed by atoms with Gasteiger partial charge in [0.25, 0.3) is 0 Å². The number of rotatable bonds is 2. The van der Waals surface area contributed by atoms with Gasteiger partial charge in [0.15, 0.2) is 0 Å². The van der Waals surface area contributed by atoms with Gasteiger partial charge in [0.2, 0.25) is 0 Å². The highest BCUT2D eigenvalue weighted by Gasteiger charge is 2.35. The Kier molecular flexibility index (Phi) is 4.03. The maximum Gasteiger partial charge on any atom is 0.135 e. The van der Waals surface area contributed by atoms with Crippen LogP contribution in [0.15, 0.2) is 11.3 Å². The fourth-order valence-corrected chi connectivity index (χ4v) is 4.33. The van der Waals surface area contributed by atoms with Crippen molar-refractivity contribution in [3.05, 3.63) is 17.6 Å². The minimum Gasteiger partial charge on any atom is -0.383 e. The lowest BCUT2D eigenvalue weighted by atomic mass is 9.80. The predicted molar refractivity (Wildman–Crippen MR) is 91.6 cm³/mol. The molecule has 0 aromatic carbocycles. The Morgan fingerprint density at radius 3 is 2.52 bits per heavy atom. The average Bonchev–Trinajstić information content (AvgIpc) is 3.01. The Bertz CT molecular complexity index is 585. The van der Waals surface area contributed by atoms with E-state index in [4.69, 9.17) is 10.7 Å². The zero-order chi connectivity index (χ0) is 15.8. The van der Waals surface area contributed by atoms with E-state index in [-0.39, 0.29) is 6.04 Å². The first-order valence-electron chi connectivity index (χ1n) is 8.78. The molecule has 0 spiro atoms.